The van der Waals surface area contributed by atoms with E-state index in [9.17, 15) is 9.90 Å². The summed E-state index contributed by atoms with van der Waals surface area (Å²) in [6, 6.07) is 4.93. The first-order valence-electron chi connectivity index (χ1n) is 7.98. The van der Waals surface area contributed by atoms with Gasteiger partial charge >= 0.3 is 5.63 Å². The molecule has 132 valence electrons. The first-order chi connectivity index (χ1) is 12.1. The summed E-state index contributed by atoms with van der Waals surface area (Å²) in [7, 11) is 0. The Labute approximate surface area is 157 Å². The van der Waals surface area contributed by atoms with Crippen LogP contribution in [0, 0.1) is 0 Å². The third-order valence-corrected chi connectivity index (χ3v) is 7.02. The van der Waals surface area contributed by atoms with Gasteiger partial charge in [-0.05, 0) is 30.0 Å². The van der Waals surface area contributed by atoms with Gasteiger partial charge in [-0.25, -0.2) is 4.79 Å². The van der Waals surface area contributed by atoms with Crippen molar-refractivity contribution >= 4 is 45.8 Å². The second kappa shape index (κ2) is 8.25. The minimum atomic E-state index is -0.414. The molecule has 25 heavy (non-hydrogen) atoms. The van der Waals surface area contributed by atoms with Crippen LogP contribution in [0.25, 0.3) is 11.0 Å². The number of rotatable bonds is 7. The lowest BCUT2D eigenvalue weighted by molar-refractivity contribution is 0.466. The molecular weight excluding hydrogens is 376 g/mol. The van der Waals surface area contributed by atoms with Gasteiger partial charge in [0.05, 0.1) is 0 Å². The SMILES string of the molecule is CCCSc1nnc(SCc2cc(=O)oc3cc(O)c(CC)cc23)s1. The quantitative estimate of drug-likeness (QED) is 0.459. The van der Waals surface area contributed by atoms with Gasteiger partial charge in [0.15, 0.2) is 8.68 Å². The standard InChI is InChI=1S/C17H18N2O3S3/c1-3-5-23-16-18-19-17(25-16)24-9-11-7-15(21)22-14-8-13(20)10(4-2)6-12(11)14/h6-8,20H,3-5,9H2,1-2H3. The van der Waals surface area contributed by atoms with Gasteiger partial charge in [-0.3, -0.25) is 0 Å². The summed E-state index contributed by atoms with van der Waals surface area (Å²) >= 11 is 4.84. The van der Waals surface area contributed by atoms with Gasteiger partial charge in [-0.1, -0.05) is 48.7 Å². The van der Waals surface area contributed by atoms with Gasteiger partial charge in [-0.15, -0.1) is 10.2 Å². The normalized spacial score (nSPS) is 11.3. The molecule has 2 heterocycles. The van der Waals surface area contributed by atoms with Crippen LogP contribution in [0.2, 0.25) is 0 Å². The van der Waals surface area contributed by atoms with Crippen molar-refractivity contribution in [3.8, 4) is 5.75 Å². The first-order valence-corrected chi connectivity index (χ1v) is 10.8. The Morgan fingerprint density at radius 3 is 2.60 bits per heavy atom. The molecule has 0 fully saturated rings. The smallest absolute Gasteiger partial charge is 0.336 e. The van der Waals surface area contributed by atoms with E-state index in [1.54, 1.807) is 34.9 Å². The van der Waals surface area contributed by atoms with Crippen LogP contribution in [0.15, 0.2) is 36.1 Å². The summed E-state index contributed by atoms with van der Waals surface area (Å²) in [5.41, 5.74) is 1.71. The highest BCUT2D eigenvalue weighted by Gasteiger charge is 2.12. The Hall–Kier alpha value is -1.51. The molecule has 1 N–H and O–H groups in total. The van der Waals surface area contributed by atoms with Crippen LogP contribution in [0.3, 0.4) is 0 Å². The molecule has 0 unspecified atom stereocenters. The molecule has 0 aliphatic carbocycles. The summed E-state index contributed by atoms with van der Waals surface area (Å²) in [6.07, 6.45) is 1.81. The van der Waals surface area contributed by atoms with E-state index in [2.05, 4.69) is 17.1 Å². The van der Waals surface area contributed by atoms with Gasteiger partial charge < -0.3 is 9.52 Å². The molecular formula is C17H18N2O3S3. The van der Waals surface area contributed by atoms with E-state index in [1.807, 2.05) is 13.0 Å². The minimum Gasteiger partial charge on any atom is -0.508 e. The van der Waals surface area contributed by atoms with Gasteiger partial charge in [0.25, 0.3) is 0 Å². The summed E-state index contributed by atoms with van der Waals surface area (Å²) in [5.74, 6) is 1.79. The first kappa shape index (κ1) is 18.3. The molecule has 0 saturated heterocycles. The molecule has 2 aromatic heterocycles. The Balaban J connectivity index is 1.85. The minimum absolute atomic E-state index is 0.157. The molecule has 0 saturated carbocycles. The van der Waals surface area contributed by atoms with Crippen molar-refractivity contribution in [2.24, 2.45) is 0 Å². The predicted molar refractivity (Wildman–Crippen MR) is 104 cm³/mol. The molecule has 3 rings (SSSR count). The number of aryl methyl sites for hydroxylation is 1. The molecule has 0 amide bonds. The average molecular weight is 395 g/mol. The molecule has 0 bridgehead atoms. The van der Waals surface area contributed by atoms with Crippen LogP contribution in [0.1, 0.15) is 31.4 Å². The van der Waals surface area contributed by atoms with E-state index < -0.39 is 5.63 Å². The molecule has 3 aromatic rings. The maximum atomic E-state index is 11.8. The van der Waals surface area contributed by atoms with Crippen LogP contribution < -0.4 is 5.63 Å². The summed E-state index contributed by atoms with van der Waals surface area (Å²) in [5, 5.41) is 19.2. The van der Waals surface area contributed by atoms with Crippen molar-refractivity contribution in [2.45, 2.75) is 41.1 Å². The monoisotopic (exact) mass is 394 g/mol. The second-order valence-corrected chi connectivity index (χ2v) is 8.93. The Kier molecular flexibility index (Phi) is 6.03. The van der Waals surface area contributed by atoms with Crippen molar-refractivity contribution < 1.29 is 9.52 Å². The lowest BCUT2D eigenvalue weighted by Gasteiger charge is -2.07. The third-order valence-electron chi connectivity index (χ3n) is 3.58. The number of hydrogen-bond donors (Lipinski definition) is 1. The van der Waals surface area contributed by atoms with Crippen molar-refractivity contribution in [2.75, 3.05) is 5.75 Å². The lowest BCUT2D eigenvalue weighted by atomic mass is 10.1. The molecule has 5 nitrogen and oxygen atoms in total. The van der Waals surface area contributed by atoms with Gasteiger partial charge in [0.1, 0.15) is 11.3 Å². The predicted octanol–water partition coefficient (Wildman–Crippen LogP) is 4.71. The molecule has 0 atom stereocenters. The highest BCUT2D eigenvalue weighted by Crippen LogP contribution is 2.33. The number of benzene rings is 1. The largest absolute Gasteiger partial charge is 0.508 e. The van der Waals surface area contributed by atoms with Crippen molar-refractivity contribution in [3.63, 3.8) is 0 Å². The zero-order valence-corrected chi connectivity index (χ0v) is 16.4. The van der Waals surface area contributed by atoms with E-state index in [4.69, 9.17) is 4.42 Å². The highest BCUT2D eigenvalue weighted by atomic mass is 32.2. The van der Waals surface area contributed by atoms with E-state index in [-0.39, 0.29) is 5.75 Å². The Bertz CT molecular complexity index is 937. The number of phenolic OH excluding ortho intramolecular Hbond substituents is 1. The number of aromatic hydroxyl groups is 1. The maximum absolute atomic E-state index is 11.8. The summed E-state index contributed by atoms with van der Waals surface area (Å²) in [4.78, 5) is 11.8. The third kappa shape index (κ3) is 4.37. The van der Waals surface area contributed by atoms with Gasteiger partial charge in [0.2, 0.25) is 0 Å². The van der Waals surface area contributed by atoms with E-state index in [0.29, 0.717) is 17.8 Å². The number of nitrogens with zero attached hydrogens (tertiary/aromatic N) is 2. The van der Waals surface area contributed by atoms with Gasteiger partial charge in [-0.2, -0.15) is 0 Å². The number of fused-ring (bicyclic) bond motifs is 1. The summed E-state index contributed by atoms with van der Waals surface area (Å²) in [6.45, 7) is 4.11. The zero-order chi connectivity index (χ0) is 17.8. The number of thioether (sulfide) groups is 2. The molecule has 0 aliphatic rings. The van der Waals surface area contributed by atoms with Crippen molar-refractivity contribution in [1.29, 1.82) is 0 Å². The molecule has 0 spiro atoms. The fraction of sp³-hybridized carbons (Fsp3) is 0.353. The number of phenols is 1. The topological polar surface area (TPSA) is 76.2 Å². The zero-order valence-electron chi connectivity index (χ0n) is 13.9. The van der Waals surface area contributed by atoms with E-state index >= 15 is 0 Å². The van der Waals surface area contributed by atoms with Crippen LogP contribution in [-0.2, 0) is 12.2 Å². The Morgan fingerprint density at radius 2 is 1.88 bits per heavy atom. The molecule has 8 heteroatoms. The fourth-order valence-corrected chi connectivity index (χ4v) is 5.29. The molecule has 0 aliphatic heterocycles. The van der Waals surface area contributed by atoms with Crippen LogP contribution >= 0.6 is 34.9 Å². The number of hydrogen-bond acceptors (Lipinski definition) is 8. The van der Waals surface area contributed by atoms with Crippen LogP contribution in [0.4, 0.5) is 0 Å². The maximum Gasteiger partial charge on any atom is 0.336 e. The van der Waals surface area contributed by atoms with Crippen LogP contribution in [-0.4, -0.2) is 21.1 Å². The Morgan fingerprint density at radius 1 is 1.12 bits per heavy atom. The van der Waals surface area contributed by atoms with Crippen LogP contribution in [0.5, 0.6) is 5.75 Å². The second-order valence-electron chi connectivity index (χ2n) is 5.39. The highest BCUT2D eigenvalue weighted by molar-refractivity contribution is 8.02. The lowest BCUT2D eigenvalue weighted by Crippen LogP contribution is -2.00. The summed E-state index contributed by atoms with van der Waals surface area (Å²) < 4.78 is 7.09. The van der Waals surface area contributed by atoms with Crippen molar-refractivity contribution in [3.05, 3.63) is 39.7 Å². The molecule has 1 aromatic carbocycles. The fourth-order valence-electron chi connectivity index (χ4n) is 2.35. The number of aromatic nitrogens is 2. The van der Waals surface area contributed by atoms with E-state index in [1.165, 1.54) is 12.1 Å². The molecule has 0 radical (unpaired) electrons. The van der Waals surface area contributed by atoms with E-state index in [0.717, 1.165) is 37.4 Å². The average Bonchev–Trinajstić information content (AvgIpc) is 3.05. The van der Waals surface area contributed by atoms with Crippen molar-refractivity contribution in [1.82, 2.24) is 10.2 Å². The van der Waals surface area contributed by atoms with Gasteiger partial charge in [0, 0.05) is 29.0 Å².